The molecule has 0 saturated heterocycles. The molecule has 0 bridgehead atoms. The van der Waals surface area contributed by atoms with Crippen molar-refractivity contribution in [2.24, 2.45) is 5.92 Å². The van der Waals surface area contributed by atoms with Crippen LogP contribution in [0.2, 0.25) is 0 Å². The first-order chi connectivity index (χ1) is 7.54. The van der Waals surface area contributed by atoms with Crippen LogP contribution < -0.4 is 5.32 Å². The molecule has 0 aliphatic heterocycles. The van der Waals surface area contributed by atoms with Gasteiger partial charge in [-0.1, -0.05) is 0 Å². The molecule has 0 aromatic carbocycles. The van der Waals surface area contributed by atoms with Gasteiger partial charge in [0, 0.05) is 0 Å². The van der Waals surface area contributed by atoms with Crippen LogP contribution in [-0.4, -0.2) is 39.9 Å². The number of carbonyl (C=O) groups excluding carboxylic acids is 1. The minimum atomic E-state index is -1.53. The molecule has 0 spiro atoms. The molecule has 7 nitrogen and oxygen atoms in total. The van der Waals surface area contributed by atoms with Crippen LogP contribution in [0.5, 0.6) is 0 Å². The molecular formula is C10H17NO6. The lowest BCUT2D eigenvalue weighted by Gasteiger charge is -2.23. The molecule has 1 amide bonds. The van der Waals surface area contributed by atoms with Crippen molar-refractivity contribution >= 4 is 18.0 Å². The van der Waals surface area contributed by atoms with Crippen LogP contribution in [0.25, 0.3) is 0 Å². The largest absolute Gasteiger partial charge is 0.481 e. The summed E-state index contributed by atoms with van der Waals surface area (Å²) in [5.41, 5.74) is -0.778. The van der Waals surface area contributed by atoms with Crippen LogP contribution >= 0.6 is 0 Å². The molecule has 1 unspecified atom stereocenters. The number of alkyl carbamates (subject to hydrolysis) is 1. The molecule has 0 aliphatic rings. The van der Waals surface area contributed by atoms with Gasteiger partial charge in [-0.2, -0.15) is 0 Å². The summed E-state index contributed by atoms with van der Waals surface area (Å²) in [6.45, 7) is 6.04. The standard InChI is InChI=1S/C10H17NO6/c1-5(7(12)13)6(8(14)15)11-9(16)17-10(2,3)4/h5-6H,1-4H3,(H,11,16)(H,12,13)(H,14,15)/t5?,6-/m1/s1. The third-order valence-corrected chi connectivity index (χ3v) is 1.83. The number of aliphatic carboxylic acids is 2. The van der Waals surface area contributed by atoms with Gasteiger partial charge in [0.15, 0.2) is 0 Å². The molecule has 0 radical (unpaired) electrons. The third kappa shape index (κ3) is 5.74. The zero-order valence-corrected chi connectivity index (χ0v) is 10.2. The maximum absolute atomic E-state index is 11.3. The van der Waals surface area contributed by atoms with E-state index in [1.807, 2.05) is 5.32 Å². The second kappa shape index (κ2) is 5.51. The Morgan fingerprint density at radius 1 is 1.12 bits per heavy atom. The van der Waals surface area contributed by atoms with E-state index in [-0.39, 0.29) is 0 Å². The Hall–Kier alpha value is -1.79. The monoisotopic (exact) mass is 247 g/mol. The lowest BCUT2D eigenvalue weighted by molar-refractivity contribution is -0.150. The van der Waals surface area contributed by atoms with Gasteiger partial charge in [0.05, 0.1) is 5.92 Å². The first kappa shape index (κ1) is 15.2. The maximum Gasteiger partial charge on any atom is 0.408 e. The third-order valence-electron chi connectivity index (χ3n) is 1.83. The number of carbonyl (C=O) groups is 3. The van der Waals surface area contributed by atoms with Gasteiger partial charge in [-0.3, -0.25) is 4.79 Å². The summed E-state index contributed by atoms with van der Waals surface area (Å²) in [7, 11) is 0. The van der Waals surface area contributed by atoms with Gasteiger partial charge >= 0.3 is 18.0 Å². The summed E-state index contributed by atoms with van der Waals surface area (Å²) in [5, 5.41) is 19.5. The van der Waals surface area contributed by atoms with Crippen molar-refractivity contribution in [3.05, 3.63) is 0 Å². The minimum absolute atomic E-state index is 0.778. The number of rotatable bonds is 4. The predicted octanol–water partition coefficient (Wildman–Crippen LogP) is 0.685. The summed E-state index contributed by atoms with van der Waals surface area (Å²) < 4.78 is 4.84. The van der Waals surface area contributed by atoms with Crippen molar-refractivity contribution in [2.45, 2.75) is 39.3 Å². The van der Waals surface area contributed by atoms with Crippen molar-refractivity contribution in [1.29, 1.82) is 0 Å². The fourth-order valence-electron chi connectivity index (χ4n) is 0.978. The molecule has 98 valence electrons. The summed E-state index contributed by atoms with van der Waals surface area (Å²) in [4.78, 5) is 32.8. The molecule has 3 N–H and O–H groups in total. The van der Waals surface area contributed by atoms with Gasteiger partial charge < -0.3 is 20.3 Å². The van der Waals surface area contributed by atoms with Gasteiger partial charge in [-0.15, -0.1) is 0 Å². The molecule has 2 atom stereocenters. The van der Waals surface area contributed by atoms with Gasteiger partial charge in [0.2, 0.25) is 0 Å². The summed E-state index contributed by atoms with van der Waals surface area (Å²) in [6, 6.07) is -1.53. The van der Waals surface area contributed by atoms with Crippen molar-refractivity contribution in [1.82, 2.24) is 5.32 Å². The number of hydrogen-bond donors (Lipinski definition) is 3. The Kier molecular flexibility index (Phi) is 4.93. The van der Waals surface area contributed by atoms with Crippen LogP contribution in [0.1, 0.15) is 27.7 Å². The van der Waals surface area contributed by atoms with Crippen LogP contribution in [0.3, 0.4) is 0 Å². The highest BCUT2D eigenvalue weighted by Gasteiger charge is 2.32. The van der Waals surface area contributed by atoms with E-state index in [1.165, 1.54) is 6.92 Å². The Bertz CT molecular complexity index is 319. The summed E-state index contributed by atoms with van der Waals surface area (Å²) >= 11 is 0. The number of carboxylic acids is 2. The van der Waals surface area contributed by atoms with Crippen molar-refractivity contribution < 1.29 is 29.3 Å². The molecule has 0 rings (SSSR count). The number of ether oxygens (including phenoxy) is 1. The molecule has 0 aromatic heterocycles. The van der Waals surface area contributed by atoms with Crippen molar-refractivity contribution in [3.63, 3.8) is 0 Å². The zero-order valence-electron chi connectivity index (χ0n) is 10.2. The molecule has 0 fully saturated rings. The molecule has 0 aromatic rings. The molecule has 7 heteroatoms. The molecule has 0 aliphatic carbocycles. The second-order valence-corrected chi connectivity index (χ2v) is 4.59. The molecule has 0 heterocycles. The fourth-order valence-corrected chi connectivity index (χ4v) is 0.978. The fraction of sp³-hybridized carbons (Fsp3) is 0.700. The van der Waals surface area contributed by atoms with E-state index in [9.17, 15) is 14.4 Å². The highest BCUT2D eigenvalue weighted by Crippen LogP contribution is 2.09. The normalized spacial score (nSPS) is 14.6. The number of carboxylic acid groups (broad SMARTS) is 2. The zero-order chi connectivity index (χ0) is 13.8. The first-order valence-corrected chi connectivity index (χ1v) is 4.99. The lowest BCUT2D eigenvalue weighted by Crippen LogP contribution is -2.49. The van der Waals surface area contributed by atoms with Gasteiger partial charge in [-0.05, 0) is 27.7 Å². The highest BCUT2D eigenvalue weighted by atomic mass is 16.6. The Labute approximate surface area is 98.8 Å². The van der Waals surface area contributed by atoms with E-state index in [0.717, 1.165) is 0 Å². The van der Waals surface area contributed by atoms with E-state index in [1.54, 1.807) is 20.8 Å². The van der Waals surface area contributed by atoms with E-state index in [4.69, 9.17) is 14.9 Å². The van der Waals surface area contributed by atoms with E-state index in [2.05, 4.69) is 0 Å². The number of nitrogens with one attached hydrogen (secondary N) is 1. The van der Waals surface area contributed by atoms with Crippen molar-refractivity contribution in [2.75, 3.05) is 0 Å². The highest BCUT2D eigenvalue weighted by molar-refractivity contribution is 5.86. The Morgan fingerprint density at radius 2 is 1.59 bits per heavy atom. The summed E-state index contributed by atoms with van der Waals surface area (Å²) in [6.07, 6.45) is -0.960. The van der Waals surface area contributed by atoms with Gasteiger partial charge in [-0.25, -0.2) is 9.59 Å². The van der Waals surface area contributed by atoms with Crippen LogP contribution in [0.15, 0.2) is 0 Å². The molecule has 17 heavy (non-hydrogen) atoms. The van der Waals surface area contributed by atoms with Crippen LogP contribution in [-0.2, 0) is 14.3 Å². The van der Waals surface area contributed by atoms with E-state index >= 15 is 0 Å². The molecule has 0 saturated carbocycles. The average molecular weight is 247 g/mol. The topological polar surface area (TPSA) is 113 Å². The SMILES string of the molecule is CC(C(=O)O)[C@@H](NC(=O)OC(C)(C)C)C(=O)O. The average Bonchev–Trinajstić information content (AvgIpc) is 2.09. The Balaban J connectivity index is 4.62. The van der Waals surface area contributed by atoms with Gasteiger partial charge in [0.1, 0.15) is 11.6 Å². The Morgan fingerprint density at radius 3 is 1.88 bits per heavy atom. The van der Waals surface area contributed by atoms with Crippen LogP contribution in [0.4, 0.5) is 4.79 Å². The maximum atomic E-state index is 11.3. The van der Waals surface area contributed by atoms with E-state index in [0.29, 0.717) is 0 Å². The van der Waals surface area contributed by atoms with Crippen LogP contribution in [0, 0.1) is 5.92 Å². The number of amides is 1. The second-order valence-electron chi connectivity index (χ2n) is 4.59. The molecular weight excluding hydrogens is 230 g/mol. The van der Waals surface area contributed by atoms with E-state index < -0.39 is 35.6 Å². The first-order valence-electron chi connectivity index (χ1n) is 4.99. The van der Waals surface area contributed by atoms with Gasteiger partial charge in [0.25, 0.3) is 0 Å². The number of hydrogen-bond acceptors (Lipinski definition) is 4. The minimum Gasteiger partial charge on any atom is -0.481 e. The van der Waals surface area contributed by atoms with Crippen molar-refractivity contribution in [3.8, 4) is 0 Å². The smallest absolute Gasteiger partial charge is 0.408 e. The summed E-state index contributed by atoms with van der Waals surface area (Å²) in [5.74, 6) is -3.99. The quantitative estimate of drug-likeness (QED) is 0.673. The predicted molar refractivity (Wildman–Crippen MR) is 57.6 cm³/mol. The lowest BCUT2D eigenvalue weighted by atomic mass is 10.0.